The molecular formula is C28H38BrN5O6. The molecule has 3 rings (SSSR count). The lowest BCUT2D eigenvalue weighted by molar-refractivity contribution is -0.118. The van der Waals surface area contributed by atoms with E-state index in [0.717, 1.165) is 5.56 Å². The van der Waals surface area contributed by atoms with Crippen LogP contribution in [-0.2, 0) is 16.8 Å². The van der Waals surface area contributed by atoms with Crippen molar-refractivity contribution in [2.45, 2.75) is 52.5 Å². The Hall–Kier alpha value is -3.67. The lowest BCUT2D eigenvalue weighted by atomic mass is 9.84. The molecule has 0 saturated carbocycles. The van der Waals surface area contributed by atoms with E-state index in [4.69, 9.17) is 25.4 Å². The molecule has 0 radical (unpaired) electrons. The van der Waals surface area contributed by atoms with Gasteiger partial charge in [0, 0.05) is 36.7 Å². The standard InChI is InChI=1S/C28H37N5O6.BrH/c1-7-38-20-13-17-14-33(26(30)23(17)32-24(20)27(36)31-5)15-19(34)16-11-18(28(2,3)4)25(37-6)21(12-16)39-10-8-9-22(29)35;/h11-13,30H,7-10,14-15H2,1-6H3,(H2,29,35)(H,31,36);1H. The number of aromatic nitrogens is 1. The topological polar surface area (TPSA) is 157 Å². The second kappa shape index (κ2) is 13.6. The molecule has 0 spiro atoms. The maximum absolute atomic E-state index is 13.5. The molecule has 0 bridgehead atoms. The first-order chi connectivity index (χ1) is 18.4. The number of carbonyl (C=O) groups excluding carboxylic acids is 3. The summed E-state index contributed by atoms with van der Waals surface area (Å²) >= 11 is 0. The van der Waals surface area contributed by atoms with Crippen LogP contribution in [0, 0.1) is 5.41 Å². The first-order valence-electron chi connectivity index (χ1n) is 12.8. The number of rotatable bonds is 12. The monoisotopic (exact) mass is 619 g/mol. The molecule has 11 nitrogen and oxygen atoms in total. The van der Waals surface area contributed by atoms with Gasteiger partial charge in [0.15, 0.2) is 28.7 Å². The van der Waals surface area contributed by atoms with E-state index in [1.54, 1.807) is 30.2 Å². The van der Waals surface area contributed by atoms with Gasteiger partial charge in [0.1, 0.15) is 11.5 Å². The fourth-order valence-corrected chi connectivity index (χ4v) is 4.31. The Morgan fingerprint density at radius 3 is 2.42 bits per heavy atom. The number of carbonyl (C=O) groups is 3. The summed E-state index contributed by atoms with van der Waals surface area (Å²) in [4.78, 5) is 43.0. The van der Waals surface area contributed by atoms with Crippen molar-refractivity contribution in [1.29, 1.82) is 5.41 Å². The van der Waals surface area contributed by atoms with E-state index in [9.17, 15) is 14.4 Å². The van der Waals surface area contributed by atoms with Gasteiger partial charge in [-0.05, 0) is 37.0 Å². The number of amidine groups is 1. The summed E-state index contributed by atoms with van der Waals surface area (Å²) in [5.74, 6) is 0.256. The van der Waals surface area contributed by atoms with Crippen LogP contribution in [0.4, 0.5) is 0 Å². The zero-order valence-electron chi connectivity index (χ0n) is 23.8. The lowest BCUT2D eigenvalue weighted by Gasteiger charge is -2.25. The molecule has 4 N–H and O–H groups in total. The number of methoxy groups -OCH3 is 1. The summed E-state index contributed by atoms with van der Waals surface area (Å²) in [7, 11) is 3.04. The number of amides is 2. The van der Waals surface area contributed by atoms with E-state index >= 15 is 0 Å². The summed E-state index contributed by atoms with van der Waals surface area (Å²) in [6.07, 6.45) is 0.616. The number of benzene rings is 1. The molecule has 2 amide bonds. The fraction of sp³-hybridized carbons (Fsp3) is 0.464. The number of hydrogen-bond acceptors (Lipinski definition) is 8. The molecule has 0 unspecified atom stereocenters. The molecule has 1 aliphatic heterocycles. The van der Waals surface area contributed by atoms with Crippen LogP contribution in [-0.4, -0.2) is 67.2 Å². The van der Waals surface area contributed by atoms with Crippen LogP contribution < -0.4 is 25.3 Å². The molecule has 2 aromatic rings. The molecule has 218 valence electrons. The average molecular weight is 621 g/mol. The van der Waals surface area contributed by atoms with Gasteiger partial charge >= 0.3 is 0 Å². The number of pyridine rings is 1. The molecule has 0 aliphatic carbocycles. The highest BCUT2D eigenvalue weighted by Crippen LogP contribution is 2.40. The minimum Gasteiger partial charge on any atom is -0.493 e. The number of hydrogen-bond donors (Lipinski definition) is 3. The smallest absolute Gasteiger partial charge is 0.273 e. The minimum absolute atomic E-state index is 0. The zero-order chi connectivity index (χ0) is 28.9. The van der Waals surface area contributed by atoms with Crippen LogP contribution in [0.3, 0.4) is 0 Å². The van der Waals surface area contributed by atoms with E-state index in [0.29, 0.717) is 47.1 Å². The summed E-state index contributed by atoms with van der Waals surface area (Å²) in [5, 5.41) is 11.2. The Bertz CT molecular complexity index is 1290. The first kappa shape index (κ1) is 32.5. The molecule has 40 heavy (non-hydrogen) atoms. The summed E-state index contributed by atoms with van der Waals surface area (Å²) in [6, 6.07) is 5.13. The molecule has 0 saturated heterocycles. The van der Waals surface area contributed by atoms with Gasteiger partial charge in [-0.25, -0.2) is 4.98 Å². The number of ketones is 1. The Kier molecular flexibility index (Phi) is 11.1. The maximum atomic E-state index is 13.5. The lowest BCUT2D eigenvalue weighted by Crippen LogP contribution is -2.31. The summed E-state index contributed by atoms with van der Waals surface area (Å²) in [5.41, 5.74) is 7.20. The molecule has 0 fully saturated rings. The Balaban J connectivity index is 0.00000560. The molecule has 2 heterocycles. The maximum Gasteiger partial charge on any atom is 0.273 e. The van der Waals surface area contributed by atoms with E-state index in [1.165, 1.54) is 7.05 Å². The van der Waals surface area contributed by atoms with E-state index < -0.39 is 11.8 Å². The van der Waals surface area contributed by atoms with Gasteiger partial charge in [-0.2, -0.15) is 0 Å². The van der Waals surface area contributed by atoms with Gasteiger partial charge in [0.25, 0.3) is 5.91 Å². The molecule has 1 aromatic heterocycles. The Morgan fingerprint density at radius 2 is 1.85 bits per heavy atom. The number of Topliss-reactive ketones (excluding diaryl/α,β-unsaturated/α-hetero) is 1. The molecule has 12 heteroatoms. The Labute approximate surface area is 245 Å². The van der Waals surface area contributed by atoms with Crippen molar-refractivity contribution >= 4 is 40.4 Å². The van der Waals surface area contributed by atoms with Crippen LogP contribution in [0.5, 0.6) is 17.2 Å². The van der Waals surface area contributed by atoms with Crippen molar-refractivity contribution < 1.29 is 28.6 Å². The quantitative estimate of drug-likeness (QED) is 0.241. The van der Waals surface area contributed by atoms with Gasteiger partial charge in [0.05, 0.1) is 26.9 Å². The van der Waals surface area contributed by atoms with E-state index in [2.05, 4.69) is 10.3 Å². The van der Waals surface area contributed by atoms with Crippen molar-refractivity contribution in [3.63, 3.8) is 0 Å². The molecule has 1 aliphatic rings. The predicted octanol–water partition coefficient (Wildman–Crippen LogP) is 3.39. The van der Waals surface area contributed by atoms with Crippen molar-refractivity contribution in [3.05, 3.63) is 46.3 Å². The number of primary amides is 1. The third kappa shape index (κ3) is 7.29. The highest BCUT2D eigenvalue weighted by molar-refractivity contribution is 8.93. The number of nitrogens with one attached hydrogen (secondary N) is 2. The predicted molar refractivity (Wildman–Crippen MR) is 156 cm³/mol. The van der Waals surface area contributed by atoms with Crippen molar-refractivity contribution in [2.24, 2.45) is 5.73 Å². The van der Waals surface area contributed by atoms with Gasteiger partial charge in [0.2, 0.25) is 5.91 Å². The highest BCUT2D eigenvalue weighted by atomic mass is 79.9. The van der Waals surface area contributed by atoms with Crippen molar-refractivity contribution in [2.75, 3.05) is 33.9 Å². The summed E-state index contributed by atoms with van der Waals surface area (Å²) < 4.78 is 17.2. The second-order valence-corrected chi connectivity index (χ2v) is 10.2. The molecule has 1 aromatic carbocycles. The number of nitrogens with two attached hydrogens (primary N) is 1. The number of halogens is 1. The third-order valence-corrected chi connectivity index (χ3v) is 6.26. The number of ether oxygens (including phenoxy) is 3. The number of fused-ring (bicyclic) bond motifs is 1. The summed E-state index contributed by atoms with van der Waals surface area (Å²) in [6.45, 7) is 8.62. The van der Waals surface area contributed by atoms with Crippen molar-refractivity contribution in [3.8, 4) is 17.2 Å². The van der Waals surface area contributed by atoms with Gasteiger partial charge < -0.3 is 30.2 Å². The van der Waals surface area contributed by atoms with Crippen LogP contribution in [0.1, 0.15) is 78.2 Å². The highest BCUT2D eigenvalue weighted by Gasteiger charge is 2.32. The second-order valence-electron chi connectivity index (χ2n) is 10.2. The largest absolute Gasteiger partial charge is 0.493 e. The van der Waals surface area contributed by atoms with Crippen LogP contribution in [0.15, 0.2) is 18.2 Å². The van der Waals surface area contributed by atoms with Crippen molar-refractivity contribution in [1.82, 2.24) is 15.2 Å². The van der Waals surface area contributed by atoms with E-state index in [1.807, 2.05) is 27.7 Å². The number of nitrogens with zero attached hydrogens (tertiary/aromatic N) is 2. The minimum atomic E-state index is -0.417. The fourth-order valence-electron chi connectivity index (χ4n) is 4.31. The van der Waals surface area contributed by atoms with Gasteiger partial charge in [-0.3, -0.25) is 19.8 Å². The Morgan fingerprint density at radius 1 is 1.15 bits per heavy atom. The zero-order valence-corrected chi connectivity index (χ0v) is 25.5. The SMILES string of the molecule is Br.CCOc1cc2c(nc1C(=O)NC)C(=N)N(CC(=O)c1cc(OCCCC(N)=O)c(OC)c(C(C)(C)C)c1)C2. The van der Waals surface area contributed by atoms with Crippen LogP contribution in [0.25, 0.3) is 0 Å². The van der Waals surface area contributed by atoms with E-state index in [-0.39, 0.29) is 65.8 Å². The van der Waals surface area contributed by atoms with Crippen LogP contribution in [0.2, 0.25) is 0 Å². The molecule has 0 atom stereocenters. The van der Waals surface area contributed by atoms with Gasteiger partial charge in [-0.1, -0.05) is 20.8 Å². The normalized spacial score (nSPS) is 12.3. The third-order valence-electron chi connectivity index (χ3n) is 6.26. The average Bonchev–Trinajstić information content (AvgIpc) is 3.18. The van der Waals surface area contributed by atoms with Gasteiger partial charge in [-0.15, -0.1) is 17.0 Å². The first-order valence-corrected chi connectivity index (χ1v) is 12.8. The van der Waals surface area contributed by atoms with Crippen LogP contribution >= 0.6 is 17.0 Å². The molecular weight excluding hydrogens is 582 g/mol.